The second-order valence-corrected chi connectivity index (χ2v) is 17.4. The number of methoxy groups -OCH3 is 2. The van der Waals surface area contributed by atoms with Gasteiger partial charge in [-0.15, -0.1) is 0 Å². The Morgan fingerprint density at radius 2 is 1.44 bits per heavy atom. The Morgan fingerprint density at radius 3 is 2.10 bits per heavy atom. The summed E-state index contributed by atoms with van der Waals surface area (Å²) in [5.74, 6) is 0.212. The van der Waals surface area contributed by atoms with Crippen LogP contribution in [0, 0.1) is 0 Å². The highest BCUT2D eigenvalue weighted by atomic mass is 32.2. The van der Waals surface area contributed by atoms with Crippen molar-refractivity contribution >= 4 is 92.5 Å². The number of rotatable bonds is 20. The number of carbonyl (C=O) groups excluding carboxylic acids is 2. The predicted molar refractivity (Wildman–Crippen MR) is 239 cm³/mol. The van der Waals surface area contributed by atoms with E-state index >= 15 is 0 Å². The first-order chi connectivity index (χ1) is 30.4. The maximum atomic E-state index is 12.5. The highest BCUT2D eigenvalue weighted by molar-refractivity contribution is 8.03. The van der Waals surface area contributed by atoms with Crippen LogP contribution in [0.2, 0.25) is 0 Å². The summed E-state index contributed by atoms with van der Waals surface area (Å²) in [7, 11) is 2.74. The summed E-state index contributed by atoms with van der Waals surface area (Å²) in [4.78, 5) is 30.6. The number of anilines is 3. The average Bonchev–Trinajstić information content (AvgIpc) is 3.99. The molecule has 2 heterocycles. The third-order valence-corrected chi connectivity index (χ3v) is 13.5. The van der Waals surface area contributed by atoms with Gasteiger partial charge in [0.05, 0.1) is 41.8 Å². The fourth-order valence-corrected chi connectivity index (χ4v) is 10.2. The Hall–Kier alpha value is -4.92. The van der Waals surface area contributed by atoms with Crippen molar-refractivity contribution in [3.63, 3.8) is 0 Å². The number of hydrogen-bond acceptors (Lipinski definition) is 16. The number of esters is 2. The number of fused-ring (bicyclic) bond motifs is 2. The summed E-state index contributed by atoms with van der Waals surface area (Å²) in [6.07, 6.45) is 11.6. The summed E-state index contributed by atoms with van der Waals surface area (Å²) in [6.45, 7) is 1.19. The van der Waals surface area contributed by atoms with Crippen molar-refractivity contribution in [3.8, 4) is 0 Å². The Bertz CT molecular complexity index is 2440. The number of carbonyl (C=O) groups is 2. The standard InChI is InChI=1S/C45H43N3O10S4/c1-53-44(49)33-17-21-39-37(29-33)46(25-9-27-59-57-55-51)41(61-39)23-19-31-15-16-32(43(31)48(35-11-5-3-6-12-35)36-13-7-4-8-14-36)20-24-42-47(26-10-28-60-58-56-52)38-30-34(45(50)54-2)18-22-40(38)62-42/h3-8,11-14,17-24,29-30H,9-10,15-16,25-28H2,1-2H3,(H-,51,52)/p-1. The van der Waals surface area contributed by atoms with Gasteiger partial charge in [-0.05, 0) is 97.2 Å². The molecule has 0 N–H and O–H groups in total. The number of hydrogen-bond donors (Lipinski definition) is 0. The molecule has 4 aromatic carbocycles. The van der Waals surface area contributed by atoms with Crippen molar-refractivity contribution in [3.05, 3.63) is 153 Å². The number of thiazole rings is 1. The molecule has 0 fully saturated rings. The first kappa shape index (κ1) is 45.1. The topological polar surface area (TPSA) is 146 Å². The predicted octanol–water partition coefficient (Wildman–Crippen LogP) is 8.57. The maximum Gasteiger partial charge on any atom is 0.338 e. The molecule has 322 valence electrons. The Balaban J connectivity index is 1.32. The van der Waals surface area contributed by atoms with Crippen LogP contribution in [-0.2, 0) is 34.8 Å². The summed E-state index contributed by atoms with van der Waals surface area (Å²) < 4.78 is 22.3. The molecule has 1 aliphatic carbocycles. The average molecular weight is 913 g/mol. The highest BCUT2D eigenvalue weighted by Gasteiger charge is 2.29. The normalized spacial score (nSPS) is 15.1. The van der Waals surface area contributed by atoms with Gasteiger partial charge in [0, 0.05) is 77.0 Å². The SMILES string of the molecule is COC(=O)c1ccc2c(c1)N(CCCSOO[O-])/C(=C/C=C1\CCC(/C=C/c3sc4ccc(C(=O)OC)cc4[n+]3CCCSOO[O-])=C1N(c1ccccc1)c1ccccc1)S2. The Kier molecular flexibility index (Phi) is 16.3. The summed E-state index contributed by atoms with van der Waals surface area (Å²) in [5, 5.41) is 29.8. The zero-order valence-corrected chi connectivity index (χ0v) is 37.0. The van der Waals surface area contributed by atoms with Gasteiger partial charge in [0.25, 0.3) is 5.01 Å². The van der Waals surface area contributed by atoms with E-state index in [0.29, 0.717) is 48.6 Å². The van der Waals surface area contributed by atoms with Gasteiger partial charge in [-0.1, -0.05) is 65.6 Å². The van der Waals surface area contributed by atoms with E-state index < -0.39 is 11.9 Å². The van der Waals surface area contributed by atoms with E-state index in [1.807, 2.05) is 60.7 Å². The second-order valence-electron chi connectivity index (χ2n) is 13.7. The molecule has 13 nitrogen and oxygen atoms in total. The van der Waals surface area contributed by atoms with Gasteiger partial charge < -0.3 is 29.8 Å². The van der Waals surface area contributed by atoms with Crippen LogP contribution >= 0.6 is 47.2 Å². The molecule has 0 unspecified atom stereocenters. The molecule has 62 heavy (non-hydrogen) atoms. The Labute approximate surface area is 376 Å². The fourth-order valence-electron chi connectivity index (χ4n) is 7.30. The van der Waals surface area contributed by atoms with Gasteiger partial charge in [0.2, 0.25) is 5.52 Å². The first-order valence-corrected chi connectivity index (χ1v) is 23.0. The minimum Gasteiger partial charge on any atom is -0.691 e. The zero-order valence-electron chi connectivity index (χ0n) is 33.8. The van der Waals surface area contributed by atoms with Crippen LogP contribution in [-0.4, -0.2) is 44.2 Å². The molecule has 1 aromatic heterocycles. The maximum absolute atomic E-state index is 12.5. The van der Waals surface area contributed by atoms with E-state index in [2.05, 4.69) is 81.7 Å². The Morgan fingerprint density at radius 1 is 0.790 bits per heavy atom. The lowest BCUT2D eigenvalue weighted by Crippen LogP contribution is -2.35. The lowest BCUT2D eigenvalue weighted by atomic mass is 10.1. The third kappa shape index (κ3) is 10.8. The molecule has 17 heteroatoms. The van der Waals surface area contributed by atoms with Crippen molar-refractivity contribution in [2.45, 2.75) is 37.1 Å². The number of nitrogens with zero attached hydrogens (tertiary/aromatic N) is 3. The molecule has 0 saturated heterocycles. The highest BCUT2D eigenvalue weighted by Crippen LogP contribution is 2.48. The number of para-hydroxylation sites is 2. The molecule has 7 rings (SSSR count). The van der Waals surface area contributed by atoms with E-state index in [1.165, 1.54) is 14.2 Å². The zero-order chi connectivity index (χ0) is 43.3. The number of benzene rings is 4. The molecule has 0 amide bonds. The minimum atomic E-state index is -0.413. The van der Waals surface area contributed by atoms with Crippen LogP contribution in [0.1, 0.15) is 51.4 Å². The van der Waals surface area contributed by atoms with Crippen LogP contribution in [0.25, 0.3) is 16.3 Å². The molecule has 0 radical (unpaired) electrons. The molecule has 0 saturated carbocycles. The van der Waals surface area contributed by atoms with E-state index in [9.17, 15) is 20.1 Å². The summed E-state index contributed by atoms with van der Waals surface area (Å²) in [6, 6.07) is 31.7. The number of aryl methyl sites for hydroxylation is 1. The monoisotopic (exact) mass is 912 g/mol. The lowest BCUT2D eigenvalue weighted by molar-refractivity contribution is -0.777. The van der Waals surface area contributed by atoms with Crippen molar-refractivity contribution in [2.75, 3.05) is 42.1 Å². The second kappa shape index (κ2) is 22.4. The van der Waals surface area contributed by atoms with Gasteiger partial charge in [-0.2, -0.15) is 13.2 Å². The van der Waals surface area contributed by atoms with E-state index in [-0.39, 0.29) is 0 Å². The first-order valence-electron chi connectivity index (χ1n) is 19.6. The molecule has 0 bridgehead atoms. The van der Waals surface area contributed by atoms with E-state index in [0.717, 1.165) is 96.0 Å². The van der Waals surface area contributed by atoms with Gasteiger partial charge in [0.15, 0.2) is 6.54 Å². The smallest absolute Gasteiger partial charge is 0.338 e. The summed E-state index contributed by atoms with van der Waals surface area (Å²) in [5.41, 5.74) is 8.07. The molecule has 0 atom stereocenters. The molecule has 2 aliphatic rings. The number of allylic oxidation sites excluding steroid dienone is 5. The minimum absolute atomic E-state index is 0.413. The largest absolute Gasteiger partial charge is 0.691 e. The molecular formula is C45H42N3O10S4-. The van der Waals surface area contributed by atoms with Gasteiger partial charge in [-0.25, -0.2) is 9.59 Å². The number of ether oxygens (including phenoxy) is 2. The number of thioether (sulfide) groups is 1. The molecule has 1 aliphatic heterocycles. The quantitative estimate of drug-likeness (QED) is 0.0183. The van der Waals surface area contributed by atoms with E-state index in [4.69, 9.17) is 9.47 Å². The third-order valence-electron chi connectivity index (χ3n) is 10.1. The fraction of sp³-hybridized carbons (Fsp3) is 0.222. The molecule has 5 aromatic rings. The molecular weight excluding hydrogens is 871 g/mol. The van der Waals surface area contributed by atoms with Crippen molar-refractivity contribution in [2.24, 2.45) is 0 Å². The van der Waals surface area contributed by atoms with Gasteiger partial charge in [-0.3, -0.25) is 10.1 Å². The van der Waals surface area contributed by atoms with Crippen molar-refractivity contribution in [1.82, 2.24) is 0 Å². The van der Waals surface area contributed by atoms with Crippen LogP contribution in [0.5, 0.6) is 0 Å². The van der Waals surface area contributed by atoms with Crippen LogP contribution in [0.15, 0.2) is 142 Å². The van der Waals surface area contributed by atoms with Crippen molar-refractivity contribution in [1.29, 1.82) is 0 Å². The molecule has 0 spiro atoms. The lowest BCUT2D eigenvalue weighted by Gasteiger charge is -2.28. The van der Waals surface area contributed by atoms with Crippen LogP contribution in [0.4, 0.5) is 17.1 Å². The van der Waals surface area contributed by atoms with E-state index in [1.54, 1.807) is 35.2 Å². The van der Waals surface area contributed by atoms with Crippen LogP contribution in [0.3, 0.4) is 0 Å². The van der Waals surface area contributed by atoms with Gasteiger partial charge >= 0.3 is 11.9 Å². The summed E-state index contributed by atoms with van der Waals surface area (Å²) >= 11 is 5.14. The number of aromatic nitrogens is 1. The van der Waals surface area contributed by atoms with Crippen molar-refractivity contribution < 1.29 is 52.9 Å². The van der Waals surface area contributed by atoms with Gasteiger partial charge in [0.1, 0.15) is 4.70 Å². The van der Waals surface area contributed by atoms with Crippen LogP contribution < -0.4 is 24.9 Å².